The zero-order valence-electron chi connectivity index (χ0n) is 17.1. The van der Waals surface area contributed by atoms with E-state index in [1.54, 1.807) is 7.05 Å². The number of likely N-dealkylation sites (N-methyl/N-ethyl adjacent to an activating group) is 2. The smallest absolute Gasteiger partial charge is 0.270 e. The summed E-state index contributed by atoms with van der Waals surface area (Å²) in [4.78, 5) is 34.8. The Morgan fingerprint density at radius 3 is 2.54 bits per heavy atom. The lowest BCUT2D eigenvalue weighted by Gasteiger charge is -2.33. The van der Waals surface area contributed by atoms with E-state index in [-0.39, 0.29) is 11.9 Å². The Morgan fingerprint density at radius 1 is 1.14 bits per heavy atom. The molecule has 3 heterocycles. The number of carbonyl (C=O) groups is 2. The lowest BCUT2D eigenvalue weighted by Crippen LogP contribution is -2.62. The number of fused-ring (bicyclic) bond motifs is 2. The van der Waals surface area contributed by atoms with Gasteiger partial charge in [0.15, 0.2) is 0 Å². The van der Waals surface area contributed by atoms with Gasteiger partial charge in [0.05, 0.1) is 13.1 Å². The molecule has 4 rings (SSSR count). The first-order valence-corrected chi connectivity index (χ1v) is 10.1. The molecule has 0 aromatic heterocycles. The number of rotatable bonds is 4. The van der Waals surface area contributed by atoms with Crippen LogP contribution in [-0.2, 0) is 11.2 Å². The van der Waals surface area contributed by atoms with Crippen molar-refractivity contribution in [2.24, 2.45) is 10.9 Å². The molecule has 0 saturated carbocycles. The van der Waals surface area contributed by atoms with Crippen molar-refractivity contribution in [1.29, 1.82) is 0 Å². The minimum absolute atomic E-state index is 0.208. The van der Waals surface area contributed by atoms with Gasteiger partial charge >= 0.3 is 12.0 Å². The summed E-state index contributed by atoms with van der Waals surface area (Å²) < 4.78 is 2.05. The summed E-state index contributed by atoms with van der Waals surface area (Å²) in [6, 6.07) is 7.79. The van der Waals surface area contributed by atoms with Crippen LogP contribution in [0.15, 0.2) is 29.3 Å². The second-order valence-electron chi connectivity index (χ2n) is 8.05. The number of anilines is 1. The predicted octanol–water partition coefficient (Wildman–Crippen LogP) is 2.16. The van der Waals surface area contributed by atoms with Crippen molar-refractivity contribution >= 4 is 29.4 Å². The molecule has 0 aliphatic carbocycles. The van der Waals surface area contributed by atoms with Crippen LogP contribution in [-0.4, -0.2) is 71.3 Å². The van der Waals surface area contributed by atoms with Gasteiger partial charge in [-0.25, -0.2) is 14.3 Å². The minimum Gasteiger partial charge on any atom is -0.270 e. The van der Waals surface area contributed by atoms with Gasteiger partial charge in [0, 0.05) is 20.0 Å². The molecule has 3 aliphatic heterocycles. The lowest BCUT2D eigenvalue weighted by molar-refractivity contribution is -0.545. The Balaban J connectivity index is 1.70. The molecule has 2 atom stereocenters. The van der Waals surface area contributed by atoms with Crippen molar-refractivity contribution < 1.29 is 14.2 Å². The summed E-state index contributed by atoms with van der Waals surface area (Å²) in [7, 11) is 3.22. The molecule has 0 spiro atoms. The molecule has 7 heteroatoms. The van der Waals surface area contributed by atoms with Gasteiger partial charge in [-0.15, -0.1) is 0 Å². The molecule has 1 saturated heterocycles. The van der Waals surface area contributed by atoms with Crippen molar-refractivity contribution in [1.82, 2.24) is 9.80 Å². The Bertz CT molecular complexity index is 873. The van der Waals surface area contributed by atoms with Crippen LogP contribution >= 0.6 is 0 Å². The number of amidine groups is 1. The minimum atomic E-state index is -0.517. The summed E-state index contributed by atoms with van der Waals surface area (Å²) in [6.07, 6.45) is 3.47. The van der Waals surface area contributed by atoms with Crippen molar-refractivity contribution in [3.8, 4) is 0 Å². The highest BCUT2D eigenvalue weighted by atomic mass is 16.2. The second-order valence-corrected chi connectivity index (χ2v) is 8.05. The molecule has 7 nitrogen and oxygen atoms in total. The lowest BCUT2D eigenvalue weighted by atomic mass is 10.1. The summed E-state index contributed by atoms with van der Waals surface area (Å²) in [5, 5.41) is 0. The fraction of sp³-hybridized carbons (Fsp3) is 0.524. The van der Waals surface area contributed by atoms with Crippen LogP contribution in [0.5, 0.6) is 0 Å². The van der Waals surface area contributed by atoms with Crippen LogP contribution in [0, 0.1) is 5.92 Å². The zero-order valence-corrected chi connectivity index (χ0v) is 17.1. The van der Waals surface area contributed by atoms with E-state index >= 15 is 0 Å². The normalized spacial score (nSPS) is 24.6. The van der Waals surface area contributed by atoms with E-state index in [1.165, 1.54) is 35.3 Å². The Morgan fingerprint density at radius 2 is 1.86 bits per heavy atom. The van der Waals surface area contributed by atoms with Crippen LogP contribution in [0.4, 0.5) is 10.5 Å². The molecule has 2 unspecified atom stereocenters. The SMILES string of the molecule is CCCCc1ccc(N2CC(C)C[N+]3=C2N=C2C3C(=O)N(C)C(=O)N2C)cc1. The van der Waals surface area contributed by atoms with E-state index in [0.29, 0.717) is 11.8 Å². The highest BCUT2D eigenvalue weighted by Crippen LogP contribution is 2.28. The highest BCUT2D eigenvalue weighted by Gasteiger charge is 2.54. The van der Waals surface area contributed by atoms with Gasteiger partial charge in [0.2, 0.25) is 11.9 Å². The van der Waals surface area contributed by atoms with Gasteiger partial charge < -0.3 is 0 Å². The number of hydrogen-bond donors (Lipinski definition) is 0. The monoisotopic (exact) mass is 382 g/mol. The fourth-order valence-corrected chi connectivity index (χ4v) is 4.22. The van der Waals surface area contributed by atoms with E-state index < -0.39 is 6.04 Å². The molecule has 0 N–H and O–H groups in total. The molecule has 3 amide bonds. The third kappa shape index (κ3) is 2.89. The van der Waals surface area contributed by atoms with Gasteiger partial charge in [-0.3, -0.25) is 14.6 Å². The molecule has 0 bridgehead atoms. The number of hydrogen-bond acceptors (Lipinski definition) is 4. The van der Waals surface area contributed by atoms with E-state index in [1.807, 2.05) is 0 Å². The van der Waals surface area contributed by atoms with Gasteiger partial charge in [0.25, 0.3) is 5.91 Å². The number of carbonyl (C=O) groups excluding carboxylic acids is 2. The Labute approximate surface area is 165 Å². The van der Waals surface area contributed by atoms with Crippen molar-refractivity contribution in [2.75, 3.05) is 32.1 Å². The first-order valence-electron chi connectivity index (χ1n) is 10.1. The summed E-state index contributed by atoms with van der Waals surface area (Å²) in [5.74, 6) is 1.46. The first-order chi connectivity index (χ1) is 13.4. The van der Waals surface area contributed by atoms with E-state index in [2.05, 4.69) is 47.6 Å². The maximum atomic E-state index is 12.8. The van der Waals surface area contributed by atoms with Gasteiger partial charge in [-0.1, -0.05) is 37.4 Å². The zero-order chi connectivity index (χ0) is 20.0. The molecule has 148 valence electrons. The summed E-state index contributed by atoms with van der Waals surface area (Å²) >= 11 is 0. The summed E-state index contributed by atoms with van der Waals surface area (Å²) in [5.41, 5.74) is 2.41. The van der Waals surface area contributed by atoms with Crippen molar-refractivity contribution in [3.63, 3.8) is 0 Å². The van der Waals surface area contributed by atoms with E-state index in [0.717, 1.165) is 31.2 Å². The average molecular weight is 382 g/mol. The quantitative estimate of drug-likeness (QED) is 0.750. The first kappa shape index (κ1) is 18.7. The molecule has 0 radical (unpaired) electrons. The van der Waals surface area contributed by atoms with Gasteiger partial charge in [-0.05, 0) is 30.5 Å². The van der Waals surface area contributed by atoms with Crippen LogP contribution in [0.25, 0.3) is 0 Å². The second kappa shape index (κ2) is 7.04. The predicted molar refractivity (Wildman–Crippen MR) is 109 cm³/mol. The third-order valence-corrected chi connectivity index (χ3v) is 5.82. The Kier molecular flexibility index (Phi) is 4.69. The number of nitrogens with zero attached hydrogens (tertiary/aromatic N) is 5. The standard InChI is InChI=1S/C21H28N5O2/c1-5-6-7-15-8-10-16(11-9-15)25-12-14(2)13-26-17-18(22-20(25)26)23(3)21(28)24(4)19(17)27/h8-11,14,17H,5-7,12-13H2,1-4H3/q+1. The van der Waals surface area contributed by atoms with E-state index in [4.69, 9.17) is 4.99 Å². The maximum absolute atomic E-state index is 12.8. The number of aryl methyl sites for hydroxylation is 1. The van der Waals surface area contributed by atoms with Crippen LogP contribution in [0.3, 0.4) is 0 Å². The number of benzene rings is 1. The molecule has 3 aliphatic rings. The topological polar surface area (TPSA) is 59.2 Å². The molecule has 1 aromatic carbocycles. The maximum Gasteiger partial charge on any atom is 0.397 e. The Hall–Kier alpha value is -2.70. The number of urea groups is 1. The van der Waals surface area contributed by atoms with Crippen LogP contribution in [0.1, 0.15) is 32.3 Å². The highest BCUT2D eigenvalue weighted by molar-refractivity contribution is 6.23. The fourth-order valence-electron chi connectivity index (χ4n) is 4.22. The molecule has 28 heavy (non-hydrogen) atoms. The largest absolute Gasteiger partial charge is 0.397 e. The molecular weight excluding hydrogens is 354 g/mol. The number of amides is 3. The molecule has 1 aromatic rings. The number of guanidine groups is 1. The number of unbranched alkanes of at least 4 members (excludes halogenated alkanes) is 1. The van der Waals surface area contributed by atoms with Crippen molar-refractivity contribution in [2.45, 2.75) is 39.2 Å². The average Bonchev–Trinajstić information content (AvgIpc) is 3.08. The number of aliphatic imine (C=N–C) groups is 1. The molecular formula is C21H28N5O2+. The van der Waals surface area contributed by atoms with Crippen LogP contribution < -0.4 is 4.90 Å². The van der Waals surface area contributed by atoms with E-state index in [9.17, 15) is 9.59 Å². The van der Waals surface area contributed by atoms with Crippen molar-refractivity contribution in [3.05, 3.63) is 29.8 Å². The summed E-state index contributed by atoms with van der Waals surface area (Å²) in [6.45, 7) is 5.97. The van der Waals surface area contributed by atoms with Crippen LogP contribution in [0.2, 0.25) is 0 Å². The van der Waals surface area contributed by atoms with Gasteiger partial charge in [-0.2, -0.15) is 0 Å². The number of imide groups is 1. The van der Waals surface area contributed by atoms with Gasteiger partial charge in [0.1, 0.15) is 5.69 Å². The molecule has 1 fully saturated rings. The third-order valence-electron chi connectivity index (χ3n) is 5.82.